The zero-order chi connectivity index (χ0) is 24.6. The van der Waals surface area contributed by atoms with Crippen molar-refractivity contribution in [3.05, 3.63) is 69.9 Å². The van der Waals surface area contributed by atoms with Crippen LogP contribution in [0.5, 0.6) is 5.75 Å². The molecule has 0 fully saturated rings. The van der Waals surface area contributed by atoms with Crippen LogP contribution in [0.1, 0.15) is 43.8 Å². The smallest absolute Gasteiger partial charge is 0.337 e. The molecule has 0 unspecified atom stereocenters. The van der Waals surface area contributed by atoms with Gasteiger partial charge in [0.05, 0.1) is 30.2 Å². The van der Waals surface area contributed by atoms with E-state index in [2.05, 4.69) is 15.2 Å². The van der Waals surface area contributed by atoms with Crippen LogP contribution in [0.15, 0.2) is 42.6 Å². The molecule has 4 aromatic rings. The Balaban J connectivity index is 1.90. The zero-order valence-corrected chi connectivity index (χ0v) is 20.3. The van der Waals surface area contributed by atoms with E-state index in [4.69, 9.17) is 4.74 Å². The minimum Gasteiger partial charge on any atom is -0.497 e. The first-order valence-electron chi connectivity index (χ1n) is 10.5. The molecule has 0 aliphatic carbocycles. The molecule has 2 aromatic heterocycles. The van der Waals surface area contributed by atoms with Crippen LogP contribution in [0.2, 0.25) is 0 Å². The van der Waals surface area contributed by atoms with Gasteiger partial charge in [0.1, 0.15) is 22.3 Å². The molecule has 2 aromatic carbocycles. The number of carboxylic acid groups (broad SMARTS) is 1. The third-order valence-electron chi connectivity index (χ3n) is 5.55. The molecule has 0 spiro atoms. The Morgan fingerprint density at radius 2 is 1.82 bits per heavy atom. The van der Waals surface area contributed by atoms with Crippen molar-refractivity contribution >= 4 is 40.3 Å². The highest BCUT2D eigenvalue weighted by atomic mass is 32.1. The number of thiazole rings is 1. The quantitative estimate of drug-likeness (QED) is 0.323. The number of methoxy groups -OCH3 is 1. The van der Waals surface area contributed by atoms with Gasteiger partial charge in [-0.25, -0.2) is 9.78 Å². The van der Waals surface area contributed by atoms with Gasteiger partial charge in [0, 0.05) is 23.4 Å². The van der Waals surface area contributed by atoms with Crippen LogP contribution >= 0.6 is 11.3 Å². The number of carbonyl (C=O) groups excluding carboxylic acids is 1. The van der Waals surface area contributed by atoms with Crippen molar-refractivity contribution in [2.45, 2.75) is 27.7 Å². The maximum Gasteiger partial charge on any atom is 0.337 e. The number of nitrogens with zero attached hydrogens (tertiary/aromatic N) is 3. The van der Waals surface area contributed by atoms with Gasteiger partial charge in [0.2, 0.25) is 0 Å². The Labute approximate surface area is 200 Å². The molecular formula is C25H24N4O4S. The number of benzene rings is 2. The average molecular weight is 477 g/mol. The third kappa shape index (κ3) is 4.17. The van der Waals surface area contributed by atoms with E-state index < -0.39 is 5.97 Å². The molecule has 34 heavy (non-hydrogen) atoms. The number of hydrogen-bond donors (Lipinski definition) is 2. The summed E-state index contributed by atoms with van der Waals surface area (Å²) in [4.78, 5) is 31.3. The summed E-state index contributed by atoms with van der Waals surface area (Å²) in [5.74, 6) is -0.0576. The predicted molar refractivity (Wildman–Crippen MR) is 132 cm³/mol. The first-order chi connectivity index (χ1) is 16.2. The van der Waals surface area contributed by atoms with Gasteiger partial charge in [-0.1, -0.05) is 0 Å². The van der Waals surface area contributed by atoms with Crippen molar-refractivity contribution in [2.24, 2.45) is 0 Å². The molecule has 0 bridgehead atoms. The minimum absolute atomic E-state index is 0.0582. The molecule has 8 nitrogen and oxygen atoms in total. The molecule has 0 aliphatic heterocycles. The lowest BCUT2D eigenvalue weighted by molar-refractivity contribution is 0.0697. The SMILES string of the molecule is COc1ccc(N(c2ccn[nH]2)c2cc(C)c(-c3nc(C(C)=O)c(C)s3)cc2C)c(C(=O)O)c1. The number of nitrogens with one attached hydrogen (secondary N) is 1. The fourth-order valence-corrected chi connectivity index (χ4v) is 4.92. The molecule has 2 heterocycles. The van der Waals surface area contributed by atoms with Gasteiger partial charge in [-0.3, -0.25) is 14.8 Å². The van der Waals surface area contributed by atoms with Gasteiger partial charge >= 0.3 is 5.97 Å². The number of aromatic amines is 1. The van der Waals surface area contributed by atoms with Crippen LogP contribution in [-0.2, 0) is 0 Å². The predicted octanol–water partition coefficient (Wildman–Crippen LogP) is 5.84. The number of aryl methyl sites for hydroxylation is 3. The van der Waals surface area contributed by atoms with Gasteiger partial charge < -0.3 is 9.84 Å². The maximum absolute atomic E-state index is 12.1. The summed E-state index contributed by atoms with van der Waals surface area (Å²) < 4.78 is 5.24. The normalized spacial score (nSPS) is 10.9. The average Bonchev–Trinajstić information content (AvgIpc) is 3.46. The zero-order valence-electron chi connectivity index (χ0n) is 19.5. The Bertz CT molecular complexity index is 1390. The second kappa shape index (κ2) is 9.11. The number of rotatable bonds is 7. The topological polar surface area (TPSA) is 108 Å². The van der Waals surface area contributed by atoms with Gasteiger partial charge in [-0.05, 0) is 62.2 Å². The molecule has 2 N–H and O–H groups in total. The molecule has 0 saturated carbocycles. The van der Waals surface area contributed by atoms with E-state index in [1.54, 1.807) is 24.4 Å². The molecule has 4 rings (SSSR count). The van der Waals surface area contributed by atoms with Gasteiger partial charge in [-0.15, -0.1) is 11.3 Å². The Hall–Kier alpha value is -3.98. The molecular weight excluding hydrogens is 452 g/mol. The standard InChI is InChI=1S/C25H24N4O4S/c1-13-11-21(14(2)10-18(13)24-27-23(15(3)30)16(4)34-24)29(22-8-9-26-28-22)20-7-6-17(33-5)12-19(20)25(31)32/h6-12H,1-5H3,(H,26,28)(H,31,32). The number of H-pyrrole nitrogens is 1. The number of Topliss-reactive ketones (excluding diaryl/α,β-unsaturated/α-hetero) is 1. The molecule has 0 amide bonds. The number of hydrogen-bond acceptors (Lipinski definition) is 7. The van der Waals surface area contributed by atoms with Crippen molar-refractivity contribution in [1.29, 1.82) is 0 Å². The van der Waals surface area contributed by atoms with Crippen LogP contribution in [-0.4, -0.2) is 39.2 Å². The summed E-state index contributed by atoms with van der Waals surface area (Å²) in [7, 11) is 1.50. The molecule has 0 aliphatic rings. The largest absolute Gasteiger partial charge is 0.497 e. The lowest BCUT2D eigenvalue weighted by Crippen LogP contribution is -2.16. The Kier molecular flexibility index (Phi) is 6.21. The van der Waals surface area contributed by atoms with Crippen LogP contribution in [0.25, 0.3) is 10.6 Å². The molecule has 0 atom stereocenters. The van der Waals surface area contributed by atoms with E-state index in [1.807, 2.05) is 37.8 Å². The fourth-order valence-electron chi connectivity index (χ4n) is 3.88. The van der Waals surface area contributed by atoms with Gasteiger partial charge in [-0.2, -0.15) is 5.10 Å². The molecule has 174 valence electrons. The summed E-state index contributed by atoms with van der Waals surface area (Å²) in [6.07, 6.45) is 1.62. The number of carbonyl (C=O) groups is 2. The van der Waals surface area contributed by atoms with E-state index in [0.717, 1.165) is 32.3 Å². The highest BCUT2D eigenvalue weighted by Gasteiger charge is 2.24. The summed E-state index contributed by atoms with van der Waals surface area (Å²) in [5.41, 5.74) is 4.62. The highest BCUT2D eigenvalue weighted by molar-refractivity contribution is 7.15. The van der Waals surface area contributed by atoms with Gasteiger partial charge in [0.25, 0.3) is 0 Å². The number of ketones is 1. The molecule has 9 heteroatoms. The number of aromatic carboxylic acids is 1. The Morgan fingerprint density at radius 3 is 2.41 bits per heavy atom. The number of carboxylic acids is 1. The Morgan fingerprint density at radius 1 is 1.06 bits per heavy atom. The first kappa shape index (κ1) is 23.2. The van der Waals surface area contributed by atoms with E-state index in [0.29, 0.717) is 22.9 Å². The van der Waals surface area contributed by atoms with Gasteiger partial charge in [0.15, 0.2) is 5.78 Å². The van der Waals surface area contributed by atoms with Crippen LogP contribution in [0.4, 0.5) is 17.2 Å². The van der Waals surface area contributed by atoms with Crippen molar-refractivity contribution in [1.82, 2.24) is 15.2 Å². The summed E-state index contributed by atoms with van der Waals surface area (Å²) in [5, 5.41) is 17.7. The van der Waals surface area contributed by atoms with E-state index >= 15 is 0 Å². The van der Waals surface area contributed by atoms with Crippen LogP contribution in [0.3, 0.4) is 0 Å². The lowest BCUT2D eigenvalue weighted by Gasteiger charge is -2.27. The number of anilines is 3. The highest BCUT2D eigenvalue weighted by Crippen LogP contribution is 2.41. The minimum atomic E-state index is -1.07. The molecule has 0 saturated heterocycles. The van der Waals surface area contributed by atoms with Crippen molar-refractivity contribution in [3.63, 3.8) is 0 Å². The third-order valence-corrected chi connectivity index (χ3v) is 6.55. The maximum atomic E-state index is 12.1. The number of ether oxygens (including phenoxy) is 1. The van der Waals surface area contributed by atoms with Crippen molar-refractivity contribution in [2.75, 3.05) is 12.0 Å². The molecule has 0 radical (unpaired) electrons. The second-order valence-electron chi connectivity index (χ2n) is 7.90. The van der Waals surface area contributed by atoms with E-state index in [1.165, 1.54) is 31.4 Å². The van der Waals surface area contributed by atoms with Crippen molar-refractivity contribution < 1.29 is 19.4 Å². The van der Waals surface area contributed by atoms with Crippen LogP contribution < -0.4 is 9.64 Å². The lowest BCUT2D eigenvalue weighted by atomic mass is 10.0. The monoisotopic (exact) mass is 476 g/mol. The van der Waals surface area contributed by atoms with E-state index in [9.17, 15) is 14.7 Å². The summed E-state index contributed by atoms with van der Waals surface area (Å²) in [6, 6.07) is 10.7. The van der Waals surface area contributed by atoms with Crippen molar-refractivity contribution in [3.8, 4) is 16.3 Å². The fraction of sp³-hybridized carbons (Fsp3) is 0.200. The van der Waals surface area contributed by atoms with E-state index in [-0.39, 0.29) is 11.3 Å². The summed E-state index contributed by atoms with van der Waals surface area (Å²) in [6.45, 7) is 7.34. The number of aromatic nitrogens is 3. The van der Waals surface area contributed by atoms with Crippen LogP contribution in [0, 0.1) is 20.8 Å². The first-order valence-corrected chi connectivity index (χ1v) is 11.3. The summed E-state index contributed by atoms with van der Waals surface area (Å²) >= 11 is 1.48. The second-order valence-corrected chi connectivity index (χ2v) is 9.10.